The van der Waals surface area contributed by atoms with Crippen LogP contribution >= 0.6 is 0 Å². The van der Waals surface area contributed by atoms with Gasteiger partial charge in [-0.15, -0.1) is 0 Å². The van der Waals surface area contributed by atoms with Crippen molar-refractivity contribution >= 4 is 17.8 Å². The zero-order valence-electron chi connectivity index (χ0n) is 15.1. The number of hydrazine groups is 1. The number of carbonyl (C=O) groups is 3. The first-order valence-corrected chi connectivity index (χ1v) is 8.51. The Balaban J connectivity index is 1.91. The van der Waals surface area contributed by atoms with E-state index < -0.39 is 35.7 Å². The summed E-state index contributed by atoms with van der Waals surface area (Å²) in [6, 6.07) is 5.56. The number of carbonyl (C=O) groups excluding carboxylic acids is 2. The van der Waals surface area contributed by atoms with Gasteiger partial charge < -0.3 is 9.84 Å². The number of aliphatic carboxylic acids is 1. The molecule has 1 aliphatic rings. The van der Waals surface area contributed by atoms with Crippen LogP contribution in [0.2, 0.25) is 0 Å². The standard InChI is InChI=1S/C19H24N2O5/c1-11-7-6-10-16(12(11)2)26-13(3)17(22)20-21-18(23)14-8-4-5-9-15(14)19(24)25/h4-7,10,13-15H,8-9H2,1-3H3,(H,20,22)(H,21,23)(H,24,25). The zero-order valence-corrected chi connectivity index (χ0v) is 15.1. The Morgan fingerprint density at radius 1 is 1.12 bits per heavy atom. The van der Waals surface area contributed by atoms with Gasteiger partial charge in [0.1, 0.15) is 5.75 Å². The number of nitrogens with one attached hydrogen (secondary N) is 2. The SMILES string of the molecule is Cc1cccc(OC(C)C(=O)NNC(=O)C2CC=CCC2C(=O)O)c1C. The summed E-state index contributed by atoms with van der Waals surface area (Å²) in [5.74, 6) is -2.96. The van der Waals surface area contributed by atoms with Gasteiger partial charge in [-0.1, -0.05) is 24.3 Å². The fourth-order valence-electron chi connectivity index (χ4n) is 2.79. The third-order valence-electron chi connectivity index (χ3n) is 4.62. The average molecular weight is 360 g/mol. The van der Waals surface area contributed by atoms with Crippen LogP contribution in [0.5, 0.6) is 5.75 Å². The van der Waals surface area contributed by atoms with E-state index >= 15 is 0 Å². The lowest BCUT2D eigenvalue weighted by molar-refractivity contribution is -0.147. The Morgan fingerprint density at radius 3 is 2.42 bits per heavy atom. The summed E-state index contributed by atoms with van der Waals surface area (Å²) < 4.78 is 5.66. The second kappa shape index (κ2) is 8.51. The fraction of sp³-hybridized carbons (Fsp3) is 0.421. The number of carboxylic acids is 1. The Morgan fingerprint density at radius 2 is 1.77 bits per heavy atom. The molecule has 3 atom stereocenters. The number of carboxylic acid groups (broad SMARTS) is 1. The summed E-state index contributed by atoms with van der Waals surface area (Å²) in [7, 11) is 0. The highest BCUT2D eigenvalue weighted by atomic mass is 16.5. The van der Waals surface area contributed by atoms with Crippen LogP contribution < -0.4 is 15.6 Å². The summed E-state index contributed by atoms with van der Waals surface area (Å²) in [4.78, 5) is 35.7. The molecule has 0 aliphatic heterocycles. The van der Waals surface area contributed by atoms with Crippen LogP contribution in [-0.2, 0) is 14.4 Å². The third kappa shape index (κ3) is 4.62. The van der Waals surface area contributed by atoms with Crippen LogP contribution in [0.4, 0.5) is 0 Å². The molecule has 7 heteroatoms. The number of aryl methyl sites for hydroxylation is 1. The Bertz CT molecular complexity index is 729. The molecule has 0 aromatic heterocycles. The molecule has 7 nitrogen and oxygen atoms in total. The number of benzene rings is 1. The summed E-state index contributed by atoms with van der Waals surface area (Å²) in [5.41, 5.74) is 6.62. The van der Waals surface area contributed by atoms with Crippen molar-refractivity contribution in [1.82, 2.24) is 10.9 Å². The van der Waals surface area contributed by atoms with Crippen LogP contribution in [0.3, 0.4) is 0 Å². The number of ether oxygens (including phenoxy) is 1. The number of hydrogen-bond acceptors (Lipinski definition) is 4. The highest BCUT2D eigenvalue weighted by Crippen LogP contribution is 2.26. The van der Waals surface area contributed by atoms with E-state index in [1.165, 1.54) is 0 Å². The number of hydrogen-bond donors (Lipinski definition) is 3. The van der Waals surface area contributed by atoms with Gasteiger partial charge in [-0.25, -0.2) is 0 Å². The van der Waals surface area contributed by atoms with Crippen LogP contribution in [0, 0.1) is 25.7 Å². The van der Waals surface area contributed by atoms with Crippen molar-refractivity contribution in [2.45, 2.75) is 39.7 Å². The van der Waals surface area contributed by atoms with E-state index in [1.807, 2.05) is 26.0 Å². The molecule has 1 aromatic rings. The predicted molar refractivity (Wildman–Crippen MR) is 95.3 cm³/mol. The van der Waals surface area contributed by atoms with Gasteiger partial charge in [0.2, 0.25) is 5.91 Å². The predicted octanol–water partition coefficient (Wildman–Crippen LogP) is 1.89. The Labute approximate surface area is 152 Å². The largest absolute Gasteiger partial charge is 0.481 e. The summed E-state index contributed by atoms with van der Waals surface area (Å²) in [6.07, 6.45) is 3.33. The van der Waals surface area contributed by atoms with Gasteiger partial charge in [0.25, 0.3) is 5.91 Å². The minimum atomic E-state index is -1.02. The molecule has 0 saturated heterocycles. The average Bonchev–Trinajstić information content (AvgIpc) is 2.63. The zero-order chi connectivity index (χ0) is 19.3. The van der Waals surface area contributed by atoms with Crippen molar-refractivity contribution < 1.29 is 24.2 Å². The van der Waals surface area contributed by atoms with Gasteiger partial charge in [0.15, 0.2) is 6.10 Å². The molecule has 0 radical (unpaired) electrons. The van der Waals surface area contributed by atoms with E-state index in [4.69, 9.17) is 4.74 Å². The second-order valence-electron chi connectivity index (χ2n) is 6.43. The molecule has 2 amide bonds. The minimum Gasteiger partial charge on any atom is -0.481 e. The van der Waals surface area contributed by atoms with Crippen LogP contribution in [0.1, 0.15) is 30.9 Å². The van der Waals surface area contributed by atoms with Crippen molar-refractivity contribution in [2.24, 2.45) is 11.8 Å². The number of rotatable bonds is 5. The van der Waals surface area contributed by atoms with Gasteiger partial charge in [-0.2, -0.15) is 0 Å². The molecule has 2 rings (SSSR count). The third-order valence-corrected chi connectivity index (χ3v) is 4.62. The van der Waals surface area contributed by atoms with E-state index in [-0.39, 0.29) is 0 Å². The quantitative estimate of drug-likeness (QED) is 0.549. The molecule has 0 spiro atoms. The van der Waals surface area contributed by atoms with Crippen molar-refractivity contribution in [1.29, 1.82) is 0 Å². The van der Waals surface area contributed by atoms with E-state index in [2.05, 4.69) is 10.9 Å². The maximum atomic E-state index is 12.2. The van der Waals surface area contributed by atoms with Gasteiger partial charge in [-0.3, -0.25) is 25.2 Å². The van der Waals surface area contributed by atoms with Gasteiger partial charge in [-0.05, 0) is 50.8 Å². The van der Waals surface area contributed by atoms with Crippen molar-refractivity contribution in [3.05, 3.63) is 41.5 Å². The molecule has 0 saturated carbocycles. The lowest BCUT2D eigenvalue weighted by atomic mass is 9.82. The normalized spacial score (nSPS) is 20.1. The van der Waals surface area contributed by atoms with Crippen molar-refractivity contribution in [2.75, 3.05) is 0 Å². The smallest absolute Gasteiger partial charge is 0.307 e. The summed E-state index contributed by atoms with van der Waals surface area (Å²) in [6.45, 7) is 5.43. The maximum absolute atomic E-state index is 12.2. The summed E-state index contributed by atoms with van der Waals surface area (Å²) >= 11 is 0. The second-order valence-corrected chi connectivity index (χ2v) is 6.43. The molecular formula is C19H24N2O5. The molecule has 0 heterocycles. The molecule has 3 unspecified atom stereocenters. The fourth-order valence-corrected chi connectivity index (χ4v) is 2.79. The molecule has 0 bridgehead atoms. The first kappa shape index (κ1) is 19.5. The Kier molecular flexibility index (Phi) is 6.38. The molecule has 3 N–H and O–H groups in total. The number of amides is 2. The molecule has 140 valence electrons. The number of allylic oxidation sites excluding steroid dienone is 2. The molecule has 1 aromatic carbocycles. The van der Waals surface area contributed by atoms with E-state index in [1.54, 1.807) is 25.1 Å². The van der Waals surface area contributed by atoms with Gasteiger partial charge in [0.05, 0.1) is 11.8 Å². The molecule has 0 fully saturated rings. The highest BCUT2D eigenvalue weighted by molar-refractivity contribution is 5.88. The monoisotopic (exact) mass is 360 g/mol. The van der Waals surface area contributed by atoms with Crippen molar-refractivity contribution in [3.63, 3.8) is 0 Å². The molecule has 26 heavy (non-hydrogen) atoms. The highest BCUT2D eigenvalue weighted by Gasteiger charge is 2.34. The molecular weight excluding hydrogens is 336 g/mol. The van der Waals surface area contributed by atoms with Crippen LogP contribution in [-0.4, -0.2) is 29.0 Å². The summed E-state index contributed by atoms with van der Waals surface area (Å²) in [5, 5.41) is 9.21. The van der Waals surface area contributed by atoms with Crippen molar-refractivity contribution in [3.8, 4) is 5.75 Å². The van der Waals surface area contributed by atoms with E-state index in [0.717, 1.165) is 11.1 Å². The lowest BCUT2D eigenvalue weighted by Gasteiger charge is -2.24. The van der Waals surface area contributed by atoms with Gasteiger partial charge in [0, 0.05) is 0 Å². The van der Waals surface area contributed by atoms with E-state index in [9.17, 15) is 19.5 Å². The minimum absolute atomic E-state index is 0.299. The first-order chi connectivity index (χ1) is 12.3. The molecule has 1 aliphatic carbocycles. The first-order valence-electron chi connectivity index (χ1n) is 8.51. The van der Waals surface area contributed by atoms with Crippen LogP contribution in [0.15, 0.2) is 30.4 Å². The Hall–Kier alpha value is -2.83. The van der Waals surface area contributed by atoms with E-state index in [0.29, 0.717) is 18.6 Å². The van der Waals surface area contributed by atoms with Crippen LogP contribution in [0.25, 0.3) is 0 Å². The topological polar surface area (TPSA) is 105 Å². The van der Waals surface area contributed by atoms with Gasteiger partial charge >= 0.3 is 5.97 Å². The lowest BCUT2D eigenvalue weighted by Crippen LogP contribution is -2.50. The maximum Gasteiger partial charge on any atom is 0.307 e.